The molecule has 96 valence electrons. The van der Waals surface area contributed by atoms with E-state index in [4.69, 9.17) is 9.15 Å². The van der Waals surface area contributed by atoms with Crippen molar-refractivity contribution < 1.29 is 9.15 Å². The fourth-order valence-electron chi connectivity index (χ4n) is 1.47. The summed E-state index contributed by atoms with van der Waals surface area (Å²) in [5.74, 6) is 1.18. The Kier molecular flexibility index (Phi) is 4.17. The molecule has 0 aliphatic rings. The molecule has 0 unspecified atom stereocenters. The van der Waals surface area contributed by atoms with E-state index in [1.165, 1.54) is 0 Å². The van der Waals surface area contributed by atoms with Gasteiger partial charge in [0.1, 0.15) is 0 Å². The van der Waals surface area contributed by atoms with Crippen LogP contribution in [-0.2, 0) is 6.54 Å². The van der Waals surface area contributed by atoms with E-state index < -0.39 is 0 Å². The maximum absolute atomic E-state index is 5.50. The number of hydrogen-bond acceptors (Lipinski definition) is 5. The lowest BCUT2D eigenvalue weighted by atomic mass is 10.3. The normalized spacial score (nSPS) is 10.3. The van der Waals surface area contributed by atoms with Crippen molar-refractivity contribution in [2.75, 3.05) is 11.9 Å². The summed E-state index contributed by atoms with van der Waals surface area (Å²) in [6.07, 6.45) is 4.29. The van der Waals surface area contributed by atoms with Crippen LogP contribution in [0.4, 0.5) is 5.95 Å². The van der Waals surface area contributed by atoms with Gasteiger partial charge in [-0.25, -0.2) is 4.98 Å². The van der Waals surface area contributed by atoms with Gasteiger partial charge in [-0.15, -0.1) is 0 Å². The van der Waals surface area contributed by atoms with Crippen molar-refractivity contribution in [1.29, 1.82) is 0 Å². The Bertz CT molecular complexity index is 483. The van der Waals surface area contributed by atoms with Crippen molar-refractivity contribution in [1.82, 2.24) is 9.97 Å². The molecular formula is C13H17N3O2. The number of nitrogens with zero attached hydrogens (tertiary/aromatic N) is 2. The number of aromatic nitrogens is 2. The smallest absolute Gasteiger partial charge is 0.226 e. The molecule has 0 spiro atoms. The third-order valence-electron chi connectivity index (χ3n) is 2.32. The van der Waals surface area contributed by atoms with Crippen LogP contribution in [0, 0.1) is 6.92 Å². The topological polar surface area (TPSA) is 60.2 Å². The highest BCUT2D eigenvalue weighted by molar-refractivity contribution is 5.31. The maximum Gasteiger partial charge on any atom is 0.226 e. The van der Waals surface area contributed by atoms with Crippen molar-refractivity contribution in [3.8, 4) is 5.88 Å². The van der Waals surface area contributed by atoms with E-state index in [0.29, 0.717) is 25.0 Å². The molecule has 0 aromatic carbocycles. The molecule has 0 aliphatic heterocycles. The average molecular weight is 247 g/mol. The Labute approximate surface area is 106 Å². The Morgan fingerprint density at radius 2 is 2.28 bits per heavy atom. The first kappa shape index (κ1) is 12.4. The van der Waals surface area contributed by atoms with E-state index >= 15 is 0 Å². The van der Waals surface area contributed by atoms with E-state index in [-0.39, 0.29) is 0 Å². The van der Waals surface area contributed by atoms with Gasteiger partial charge in [0.15, 0.2) is 0 Å². The summed E-state index contributed by atoms with van der Waals surface area (Å²) in [7, 11) is 0. The van der Waals surface area contributed by atoms with Gasteiger partial charge in [0, 0.05) is 23.9 Å². The molecule has 2 aromatic heterocycles. The zero-order chi connectivity index (χ0) is 12.8. The second-order valence-corrected chi connectivity index (χ2v) is 4.00. The largest absolute Gasteiger partial charge is 0.478 e. The predicted octanol–water partition coefficient (Wildman–Crippen LogP) is 2.78. The molecule has 18 heavy (non-hydrogen) atoms. The molecule has 0 amide bonds. The van der Waals surface area contributed by atoms with Crippen molar-refractivity contribution in [3.63, 3.8) is 0 Å². The average Bonchev–Trinajstić information content (AvgIpc) is 2.86. The molecule has 1 N–H and O–H groups in total. The summed E-state index contributed by atoms with van der Waals surface area (Å²) in [5, 5.41) is 3.14. The standard InChI is InChI=1S/C13H17N3O2/c1-3-5-18-12-7-10(2)15-13(16-12)14-8-11-4-6-17-9-11/h4,6-7,9H,3,5,8H2,1-2H3,(H,14,15,16). The molecule has 0 saturated heterocycles. The maximum atomic E-state index is 5.50. The fraction of sp³-hybridized carbons (Fsp3) is 0.385. The number of ether oxygens (including phenoxy) is 1. The van der Waals surface area contributed by atoms with Crippen LogP contribution in [0.3, 0.4) is 0 Å². The van der Waals surface area contributed by atoms with Crippen LogP contribution in [-0.4, -0.2) is 16.6 Å². The van der Waals surface area contributed by atoms with E-state index in [1.54, 1.807) is 12.5 Å². The first-order valence-corrected chi connectivity index (χ1v) is 6.01. The van der Waals surface area contributed by atoms with Gasteiger partial charge in [0.2, 0.25) is 11.8 Å². The van der Waals surface area contributed by atoms with Crippen LogP contribution in [0.2, 0.25) is 0 Å². The molecule has 0 saturated carbocycles. The Hall–Kier alpha value is -2.04. The number of rotatable bonds is 6. The Morgan fingerprint density at radius 3 is 3.00 bits per heavy atom. The quantitative estimate of drug-likeness (QED) is 0.850. The fourth-order valence-corrected chi connectivity index (χ4v) is 1.47. The molecule has 2 rings (SSSR count). The van der Waals surface area contributed by atoms with Crippen LogP contribution < -0.4 is 10.1 Å². The minimum absolute atomic E-state index is 0.572. The van der Waals surface area contributed by atoms with Crippen LogP contribution in [0.1, 0.15) is 24.6 Å². The minimum atomic E-state index is 0.572. The van der Waals surface area contributed by atoms with Gasteiger partial charge < -0.3 is 14.5 Å². The number of aryl methyl sites for hydroxylation is 1. The van der Waals surface area contributed by atoms with Crippen LogP contribution in [0.5, 0.6) is 5.88 Å². The summed E-state index contributed by atoms with van der Waals surface area (Å²) >= 11 is 0. The zero-order valence-corrected chi connectivity index (χ0v) is 10.6. The first-order chi connectivity index (χ1) is 8.78. The van der Waals surface area contributed by atoms with Gasteiger partial charge in [-0.05, 0) is 19.4 Å². The van der Waals surface area contributed by atoms with Crippen LogP contribution in [0.25, 0.3) is 0 Å². The van der Waals surface area contributed by atoms with Gasteiger partial charge in [-0.1, -0.05) is 6.92 Å². The Balaban J connectivity index is 2.00. The van der Waals surface area contributed by atoms with Crippen LogP contribution >= 0.6 is 0 Å². The second-order valence-electron chi connectivity index (χ2n) is 4.00. The SMILES string of the molecule is CCCOc1cc(C)nc(NCc2ccoc2)n1. The summed E-state index contributed by atoms with van der Waals surface area (Å²) in [6, 6.07) is 3.73. The van der Waals surface area contributed by atoms with Crippen molar-refractivity contribution >= 4 is 5.95 Å². The molecule has 2 heterocycles. The molecule has 0 aliphatic carbocycles. The summed E-state index contributed by atoms with van der Waals surface area (Å²) in [6.45, 7) is 5.28. The molecule has 5 heteroatoms. The predicted molar refractivity (Wildman–Crippen MR) is 68.6 cm³/mol. The number of hydrogen-bond donors (Lipinski definition) is 1. The molecular weight excluding hydrogens is 230 g/mol. The lowest BCUT2D eigenvalue weighted by Crippen LogP contribution is -2.06. The second kappa shape index (κ2) is 6.05. The lowest BCUT2D eigenvalue weighted by molar-refractivity contribution is 0.305. The van der Waals surface area contributed by atoms with Gasteiger partial charge in [-0.3, -0.25) is 0 Å². The van der Waals surface area contributed by atoms with E-state index in [0.717, 1.165) is 17.7 Å². The van der Waals surface area contributed by atoms with Gasteiger partial charge in [-0.2, -0.15) is 4.98 Å². The summed E-state index contributed by atoms with van der Waals surface area (Å²) < 4.78 is 10.5. The van der Waals surface area contributed by atoms with Crippen molar-refractivity contribution in [3.05, 3.63) is 35.9 Å². The third-order valence-corrected chi connectivity index (χ3v) is 2.32. The van der Waals surface area contributed by atoms with Crippen molar-refractivity contribution in [2.24, 2.45) is 0 Å². The third kappa shape index (κ3) is 3.48. The van der Waals surface area contributed by atoms with Gasteiger partial charge in [0.25, 0.3) is 0 Å². The highest BCUT2D eigenvalue weighted by atomic mass is 16.5. The van der Waals surface area contributed by atoms with Crippen LogP contribution in [0.15, 0.2) is 29.1 Å². The van der Waals surface area contributed by atoms with E-state index in [1.807, 2.05) is 19.1 Å². The summed E-state index contributed by atoms with van der Waals surface area (Å²) in [4.78, 5) is 8.60. The molecule has 0 fully saturated rings. The van der Waals surface area contributed by atoms with Gasteiger partial charge in [0.05, 0.1) is 19.1 Å². The van der Waals surface area contributed by atoms with Crippen molar-refractivity contribution in [2.45, 2.75) is 26.8 Å². The Morgan fingerprint density at radius 1 is 1.39 bits per heavy atom. The van der Waals surface area contributed by atoms with E-state index in [9.17, 15) is 0 Å². The molecule has 0 radical (unpaired) electrons. The monoisotopic (exact) mass is 247 g/mol. The van der Waals surface area contributed by atoms with E-state index in [2.05, 4.69) is 22.2 Å². The highest BCUT2D eigenvalue weighted by Gasteiger charge is 2.03. The molecule has 0 bridgehead atoms. The number of nitrogens with one attached hydrogen (secondary N) is 1. The highest BCUT2D eigenvalue weighted by Crippen LogP contribution is 2.13. The number of anilines is 1. The molecule has 5 nitrogen and oxygen atoms in total. The molecule has 0 atom stereocenters. The first-order valence-electron chi connectivity index (χ1n) is 6.01. The number of furan rings is 1. The molecule has 2 aromatic rings. The summed E-state index contributed by atoms with van der Waals surface area (Å²) in [5.41, 5.74) is 1.93. The van der Waals surface area contributed by atoms with Gasteiger partial charge >= 0.3 is 0 Å². The minimum Gasteiger partial charge on any atom is -0.478 e. The lowest BCUT2D eigenvalue weighted by Gasteiger charge is -2.08. The zero-order valence-electron chi connectivity index (χ0n) is 10.6.